The van der Waals surface area contributed by atoms with Crippen LogP contribution in [0.25, 0.3) is 10.9 Å². The molecule has 4 nitrogen and oxygen atoms in total. The number of benzene rings is 2. The number of nitrogens with zero attached hydrogens (tertiary/aromatic N) is 2. The standard InChI is InChI=1S/C22H24N2O2/c1-23-12-13-24-20-11-10-17(26-16-8-6-15(25-2)7-9-16)14-19(20)18-4-3-5-21(23)22(18)24/h6-11,14,21H,3-5,12-13H2,1-2H3. The Morgan fingerprint density at radius 1 is 0.962 bits per heavy atom. The van der Waals surface area contributed by atoms with Gasteiger partial charge in [-0.25, -0.2) is 0 Å². The summed E-state index contributed by atoms with van der Waals surface area (Å²) < 4.78 is 13.9. The van der Waals surface area contributed by atoms with Gasteiger partial charge in [-0.05, 0) is 74.3 Å². The summed E-state index contributed by atoms with van der Waals surface area (Å²) in [5, 5.41) is 1.37. The summed E-state index contributed by atoms with van der Waals surface area (Å²) in [7, 11) is 3.94. The first-order valence-corrected chi connectivity index (χ1v) is 9.42. The van der Waals surface area contributed by atoms with Crippen LogP contribution in [0.2, 0.25) is 0 Å². The Labute approximate surface area is 153 Å². The summed E-state index contributed by atoms with van der Waals surface area (Å²) in [6.07, 6.45) is 3.72. The lowest BCUT2D eigenvalue weighted by Crippen LogP contribution is -2.36. The van der Waals surface area contributed by atoms with Crippen LogP contribution in [0.3, 0.4) is 0 Å². The minimum Gasteiger partial charge on any atom is -0.497 e. The summed E-state index contributed by atoms with van der Waals surface area (Å²) in [6.45, 7) is 2.21. The fraction of sp³-hybridized carbons (Fsp3) is 0.364. The highest BCUT2D eigenvalue weighted by atomic mass is 16.5. The molecule has 0 radical (unpaired) electrons. The topological polar surface area (TPSA) is 26.6 Å². The molecule has 0 saturated heterocycles. The lowest BCUT2D eigenvalue weighted by atomic mass is 9.90. The molecular weight excluding hydrogens is 324 g/mol. The van der Waals surface area contributed by atoms with Gasteiger partial charge in [-0.1, -0.05) is 0 Å². The van der Waals surface area contributed by atoms with Crippen LogP contribution in [0.4, 0.5) is 0 Å². The van der Waals surface area contributed by atoms with E-state index >= 15 is 0 Å². The quantitative estimate of drug-likeness (QED) is 0.682. The highest BCUT2D eigenvalue weighted by molar-refractivity contribution is 5.87. The molecule has 0 N–H and O–H groups in total. The zero-order valence-corrected chi connectivity index (χ0v) is 15.4. The smallest absolute Gasteiger partial charge is 0.128 e. The number of hydrogen-bond donors (Lipinski definition) is 0. The second kappa shape index (κ2) is 6.06. The number of ether oxygens (including phenoxy) is 2. The Hall–Kier alpha value is -2.46. The summed E-state index contributed by atoms with van der Waals surface area (Å²) >= 11 is 0. The molecule has 0 amide bonds. The molecule has 26 heavy (non-hydrogen) atoms. The van der Waals surface area contributed by atoms with Crippen LogP contribution < -0.4 is 9.47 Å². The van der Waals surface area contributed by atoms with Crippen LogP contribution in [0.5, 0.6) is 17.2 Å². The molecule has 2 aliphatic rings. The van der Waals surface area contributed by atoms with Gasteiger partial charge in [-0.3, -0.25) is 4.90 Å². The van der Waals surface area contributed by atoms with Crippen LogP contribution in [0, 0.1) is 0 Å². The predicted octanol–water partition coefficient (Wildman–Crippen LogP) is 4.77. The van der Waals surface area contributed by atoms with Gasteiger partial charge in [0.1, 0.15) is 17.2 Å². The van der Waals surface area contributed by atoms with E-state index in [1.165, 1.54) is 35.7 Å². The first kappa shape index (κ1) is 15.8. The monoisotopic (exact) mass is 348 g/mol. The molecule has 2 aromatic carbocycles. The Bertz CT molecular complexity index is 958. The minimum absolute atomic E-state index is 0.575. The summed E-state index contributed by atoms with van der Waals surface area (Å²) in [4.78, 5) is 2.52. The minimum atomic E-state index is 0.575. The molecule has 5 rings (SSSR count). The van der Waals surface area contributed by atoms with Crippen molar-refractivity contribution in [3.05, 3.63) is 53.7 Å². The van der Waals surface area contributed by atoms with Crippen molar-refractivity contribution in [1.82, 2.24) is 9.47 Å². The van der Waals surface area contributed by atoms with E-state index in [9.17, 15) is 0 Å². The number of aromatic nitrogens is 1. The van der Waals surface area contributed by atoms with E-state index in [0.29, 0.717) is 6.04 Å². The van der Waals surface area contributed by atoms with E-state index < -0.39 is 0 Å². The van der Waals surface area contributed by atoms with Gasteiger partial charge in [0, 0.05) is 29.7 Å². The molecule has 1 atom stereocenters. The van der Waals surface area contributed by atoms with Crippen molar-refractivity contribution >= 4 is 10.9 Å². The molecule has 2 heterocycles. The molecular formula is C22H24N2O2. The van der Waals surface area contributed by atoms with Gasteiger partial charge in [0.2, 0.25) is 0 Å². The van der Waals surface area contributed by atoms with E-state index in [4.69, 9.17) is 9.47 Å². The van der Waals surface area contributed by atoms with Gasteiger partial charge in [-0.2, -0.15) is 0 Å². The molecule has 1 aromatic heterocycles. The molecule has 0 spiro atoms. The normalized spacial score (nSPS) is 19.4. The third-order valence-electron chi connectivity index (χ3n) is 5.91. The molecule has 1 unspecified atom stereocenters. The number of rotatable bonds is 3. The van der Waals surface area contributed by atoms with Gasteiger partial charge in [0.25, 0.3) is 0 Å². The summed E-state index contributed by atoms with van der Waals surface area (Å²) in [5.41, 5.74) is 4.43. The van der Waals surface area contributed by atoms with Crippen molar-refractivity contribution in [2.75, 3.05) is 20.7 Å². The molecule has 134 valence electrons. The van der Waals surface area contributed by atoms with E-state index in [0.717, 1.165) is 30.3 Å². The summed E-state index contributed by atoms with van der Waals surface area (Å²) in [5.74, 6) is 2.57. The lowest BCUT2D eigenvalue weighted by Gasteiger charge is -2.37. The zero-order valence-electron chi connectivity index (χ0n) is 15.4. The van der Waals surface area contributed by atoms with Crippen LogP contribution in [-0.2, 0) is 13.0 Å². The average molecular weight is 348 g/mol. The second-order valence-corrected chi connectivity index (χ2v) is 7.36. The van der Waals surface area contributed by atoms with Crippen molar-refractivity contribution in [3.63, 3.8) is 0 Å². The van der Waals surface area contributed by atoms with Gasteiger partial charge in [0.05, 0.1) is 13.2 Å². The Kier molecular flexibility index (Phi) is 3.68. The maximum absolute atomic E-state index is 6.11. The van der Waals surface area contributed by atoms with Crippen molar-refractivity contribution in [1.29, 1.82) is 0 Å². The highest BCUT2D eigenvalue weighted by Crippen LogP contribution is 2.43. The number of aryl methyl sites for hydroxylation is 1. The second-order valence-electron chi connectivity index (χ2n) is 7.36. The van der Waals surface area contributed by atoms with Gasteiger partial charge in [0.15, 0.2) is 0 Å². The molecule has 0 fully saturated rings. The van der Waals surface area contributed by atoms with Crippen molar-refractivity contribution < 1.29 is 9.47 Å². The van der Waals surface area contributed by atoms with E-state index in [1.54, 1.807) is 12.8 Å². The van der Waals surface area contributed by atoms with Crippen LogP contribution in [-0.4, -0.2) is 30.2 Å². The number of methoxy groups -OCH3 is 1. The third-order valence-corrected chi connectivity index (χ3v) is 5.91. The predicted molar refractivity (Wildman–Crippen MR) is 103 cm³/mol. The van der Waals surface area contributed by atoms with Gasteiger partial charge >= 0.3 is 0 Å². The molecule has 0 bridgehead atoms. The molecule has 0 saturated carbocycles. The molecule has 1 aliphatic carbocycles. The molecule has 3 aromatic rings. The lowest BCUT2D eigenvalue weighted by molar-refractivity contribution is 0.178. The zero-order chi connectivity index (χ0) is 17.7. The molecule has 4 heteroatoms. The Balaban J connectivity index is 1.55. The maximum atomic E-state index is 6.11. The Morgan fingerprint density at radius 2 is 1.73 bits per heavy atom. The van der Waals surface area contributed by atoms with Crippen molar-refractivity contribution in [2.24, 2.45) is 0 Å². The highest BCUT2D eigenvalue weighted by Gasteiger charge is 2.33. The average Bonchev–Trinajstić information content (AvgIpc) is 3.00. The third kappa shape index (κ3) is 2.40. The SMILES string of the molecule is COc1ccc(Oc2ccc3c(c2)c2c4n3CCN(C)C4CCC2)cc1. The first-order valence-electron chi connectivity index (χ1n) is 9.42. The van der Waals surface area contributed by atoms with E-state index in [1.807, 2.05) is 24.3 Å². The largest absolute Gasteiger partial charge is 0.497 e. The maximum Gasteiger partial charge on any atom is 0.128 e. The number of likely N-dealkylation sites (N-methyl/N-ethyl adjacent to an activating group) is 1. The van der Waals surface area contributed by atoms with Crippen LogP contribution in [0.1, 0.15) is 30.1 Å². The first-order chi connectivity index (χ1) is 12.7. The van der Waals surface area contributed by atoms with Crippen LogP contribution in [0.15, 0.2) is 42.5 Å². The summed E-state index contributed by atoms with van der Waals surface area (Å²) in [6, 6.07) is 14.9. The molecule has 1 aliphatic heterocycles. The van der Waals surface area contributed by atoms with Crippen LogP contribution >= 0.6 is 0 Å². The number of hydrogen-bond acceptors (Lipinski definition) is 3. The fourth-order valence-electron chi connectivity index (χ4n) is 4.60. The van der Waals surface area contributed by atoms with Gasteiger partial charge in [-0.15, -0.1) is 0 Å². The van der Waals surface area contributed by atoms with E-state index in [-0.39, 0.29) is 0 Å². The Morgan fingerprint density at radius 3 is 2.54 bits per heavy atom. The van der Waals surface area contributed by atoms with Gasteiger partial charge < -0.3 is 14.0 Å². The van der Waals surface area contributed by atoms with E-state index in [2.05, 4.69) is 34.7 Å². The van der Waals surface area contributed by atoms with Crippen molar-refractivity contribution in [2.45, 2.75) is 31.8 Å². The van der Waals surface area contributed by atoms with Crippen molar-refractivity contribution in [3.8, 4) is 17.2 Å². The number of fused-ring (bicyclic) bond motifs is 3. The fourth-order valence-corrected chi connectivity index (χ4v) is 4.60.